The highest BCUT2D eigenvalue weighted by Gasteiger charge is 2.34. The number of sulfonamides is 1. The van der Waals surface area contributed by atoms with Crippen molar-refractivity contribution in [1.82, 2.24) is 4.31 Å². The van der Waals surface area contributed by atoms with Crippen LogP contribution in [0.3, 0.4) is 0 Å². The molecule has 0 saturated carbocycles. The normalized spacial score (nSPS) is 15.0. The summed E-state index contributed by atoms with van der Waals surface area (Å²) >= 11 is 18.0. The van der Waals surface area contributed by atoms with Crippen LogP contribution in [0, 0.1) is 6.92 Å². The van der Waals surface area contributed by atoms with Crippen molar-refractivity contribution >= 4 is 56.2 Å². The Balaban J connectivity index is 1.68. The van der Waals surface area contributed by atoms with E-state index in [0.29, 0.717) is 26.5 Å². The minimum Gasteiger partial charge on any atom is -0.275 e. The molecule has 0 amide bonds. The second kappa shape index (κ2) is 7.13. The number of halogens is 3. The molecule has 1 aliphatic rings. The maximum Gasteiger partial charge on any atom is 0.243 e. The summed E-state index contributed by atoms with van der Waals surface area (Å²) in [5.41, 5.74) is 4.89. The first-order chi connectivity index (χ1) is 11.8. The van der Waals surface area contributed by atoms with Gasteiger partial charge in [-0.05, 0) is 31.2 Å². The van der Waals surface area contributed by atoms with Gasteiger partial charge in [0.2, 0.25) is 10.0 Å². The zero-order valence-corrected chi connectivity index (χ0v) is 16.2. The topological polar surface area (TPSA) is 61.8 Å². The van der Waals surface area contributed by atoms with Crippen molar-refractivity contribution in [2.75, 3.05) is 18.5 Å². The van der Waals surface area contributed by atoms with Gasteiger partial charge in [0.25, 0.3) is 0 Å². The number of benzene rings is 2. The fourth-order valence-electron chi connectivity index (χ4n) is 2.24. The molecule has 9 heteroatoms. The first kappa shape index (κ1) is 18.5. The summed E-state index contributed by atoms with van der Waals surface area (Å²) in [4.78, 5) is 0.272. The van der Waals surface area contributed by atoms with Gasteiger partial charge in [0.15, 0.2) is 0 Å². The standard InChI is InChI=1S/C16H14Cl3N3O2S/c1-10-2-4-13(5-3-10)25(23,24)22-8-12(9-22)20-21-16-14(18)6-11(17)7-15(16)19/h2-7,21H,8-9H2,1H3. The van der Waals surface area contributed by atoms with E-state index in [-0.39, 0.29) is 18.0 Å². The van der Waals surface area contributed by atoms with Crippen molar-refractivity contribution in [2.45, 2.75) is 11.8 Å². The Kier molecular flexibility index (Phi) is 5.27. The molecule has 25 heavy (non-hydrogen) atoms. The molecule has 1 N–H and O–H groups in total. The maximum absolute atomic E-state index is 12.5. The van der Waals surface area contributed by atoms with Crippen LogP contribution in [0.25, 0.3) is 0 Å². The second-order valence-electron chi connectivity index (χ2n) is 5.62. The van der Waals surface area contributed by atoms with Crippen molar-refractivity contribution < 1.29 is 8.42 Å². The van der Waals surface area contributed by atoms with Crippen LogP contribution >= 0.6 is 34.8 Å². The van der Waals surface area contributed by atoms with Gasteiger partial charge in [-0.25, -0.2) is 8.42 Å². The van der Waals surface area contributed by atoms with E-state index in [4.69, 9.17) is 34.8 Å². The van der Waals surface area contributed by atoms with Crippen LogP contribution < -0.4 is 5.43 Å². The number of hydrogen-bond acceptors (Lipinski definition) is 4. The Hall–Kier alpha value is -1.31. The van der Waals surface area contributed by atoms with Crippen molar-refractivity contribution in [3.63, 3.8) is 0 Å². The molecule has 3 rings (SSSR count). The Bertz CT molecular complexity index is 913. The van der Waals surface area contributed by atoms with Crippen LogP contribution in [-0.2, 0) is 10.0 Å². The molecule has 5 nitrogen and oxygen atoms in total. The Labute approximate surface area is 161 Å². The number of nitrogens with one attached hydrogen (secondary N) is 1. The highest BCUT2D eigenvalue weighted by Crippen LogP contribution is 2.33. The van der Waals surface area contributed by atoms with Crippen molar-refractivity contribution in [3.8, 4) is 0 Å². The molecular weight excluding hydrogens is 405 g/mol. The smallest absolute Gasteiger partial charge is 0.243 e. The quantitative estimate of drug-likeness (QED) is 0.747. The fraction of sp³-hybridized carbons (Fsp3) is 0.188. The molecule has 1 heterocycles. The van der Waals surface area contributed by atoms with Gasteiger partial charge in [-0.3, -0.25) is 5.43 Å². The summed E-state index contributed by atoms with van der Waals surface area (Å²) < 4.78 is 26.3. The van der Waals surface area contributed by atoms with E-state index in [0.717, 1.165) is 5.56 Å². The third kappa shape index (κ3) is 3.93. The Morgan fingerprint density at radius 3 is 2.16 bits per heavy atom. The Morgan fingerprint density at radius 2 is 1.60 bits per heavy atom. The number of anilines is 1. The lowest BCUT2D eigenvalue weighted by Crippen LogP contribution is -2.50. The van der Waals surface area contributed by atoms with Crippen LogP contribution in [0.2, 0.25) is 15.1 Å². The molecular formula is C16H14Cl3N3O2S. The number of nitrogens with zero attached hydrogens (tertiary/aromatic N) is 2. The monoisotopic (exact) mass is 417 g/mol. The molecule has 132 valence electrons. The summed E-state index contributed by atoms with van der Waals surface area (Å²) in [5.74, 6) is 0. The molecule has 0 unspecified atom stereocenters. The molecule has 0 aromatic heterocycles. The highest BCUT2D eigenvalue weighted by atomic mass is 35.5. The average molecular weight is 419 g/mol. The van der Waals surface area contributed by atoms with Gasteiger partial charge in [-0.1, -0.05) is 52.5 Å². The Morgan fingerprint density at radius 1 is 1.04 bits per heavy atom. The van der Waals surface area contributed by atoms with Crippen LogP contribution in [-0.4, -0.2) is 31.5 Å². The first-order valence-electron chi connectivity index (χ1n) is 7.30. The third-order valence-electron chi connectivity index (χ3n) is 3.71. The minimum absolute atomic E-state index is 0.214. The predicted molar refractivity (Wildman–Crippen MR) is 102 cm³/mol. The number of aryl methyl sites for hydroxylation is 1. The fourth-order valence-corrected chi connectivity index (χ4v) is 4.56. The molecule has 2 aromatic carbocycles. The minimum atomic E-state index is -3.50. The van der Waals surface area contributed by atoms with Gasteiger partial charge in [0, 0.05) is 5.02 Å². The first-order valence-corrected chi connectivity index (χ1v) is 9.87. The summed E-state index contributed by atoms with van der Waals surface area (Å²) in [6, 6.07) is 9.84. The predicted octanol–water partition coefficient (Wildman–Crippen LogP) is 4.43. The van der Waals surface area contributed by atoms with E-state index in [2.05, 4.69) is 10.5 Å². The zero-order chi connectivity index (χ0) is 18.2. The molecule has 0 spiro atoms. The number of hydrogen-bond donors (Lipinski definition) is 1. The van der Waals surface area contributed by atoms with Gasteiger partial charge in [-0.15, -0.1) is 0 Å². The van der Waals surface area contributed by atoms with E-state index in [1.165, 1.54) is 4.31 Å². The molecule has 0 aliphatic carbocycles. The van der Waals surface area contributed by atoms with Crippen LogP contribution in [0.1, 0.15) is 5.56 Å². The summed E-state index contributed by atoms with van der Waals surface area (Å²) in [5, 5.41) is 5.27. The highest BCUT2D eigenvalue weighted by molar-refractivity contribution is 7.89. The van der Waals surface area contributed by atoms with E-state index in [1.807, 2.05) is 6.92 Å². The van der Waals surface area contributed by atoms with Gasteiger partial charge in [0.05, 0.1) is 39.4 Å². The van der Waals surface area contributed by atoms with Gasteiger partial charge in [-0.2, -0.15) is 9.41 Å². The summed E-state index contributed by atoms with van der Waals surface area (Å²) in [7, 11) is -3.50. The van der Waals surface area contributed by atoms with Crippen LogP contribution in [0.15, 0.2) is 46.4 Å². The van der Waals surface area contributed by atoms with Crippen molar-refractivity contribution in [2.24, 2.45) is 5.10 Å². The lowest BCUT2D eigenvalue weighted by atomic mass is 10.2. The maximum atomic E-state index is 12.5. The van der Waals surface area contributed by atoms with Crippen LogP contribution in [0.5, 0.6) is 0 Å². The molecule has 0 atom stereocenters. The van der Waals surface area contributed by atoms with Crippen molar-refractivity contribution in [1.29, 1.82) is 0 Å². The van der Waals surface area contributed by atoms with Crippen LogP contribution in [0.4, 0.5) is 5.69 Å². The zero-order valence-electron chi connectivity index (χ0n) is 13.1. The molecule has 1 saturated heterocycles. The van der Waals surface area contributed by atoms with E-state index in [1.54, 1.807) is 36.4 Å². The van der Waals surface area contributed by atoms with Crippen molar-refractivity contribution in [3.05, 3.63) is 57.0 Å². The summed E-state index contributed by atoms with van der Waals surface area (Å²) in [6.07, 6.45) is 0. The third-order valence-corrected chi connectivity index (χ3v) is 6.33. The van der Waals surface area contributed by atoms with E-state index in [9.17, 15) is 8.42 Å². The summed E-state index contributed by atoms with van der Waals surface area (Å²) in [6.45, 7) is 2.33. The van der Waals surface area contributed by atoms with E-state index < -0.39 is 10.0 Å². The van der Waals surface area contributed by atoms with Gasteiger partial charge in [0.1, 0.15) is 0 Å². The number of rotatable bonds is 4. The SMILES string of the molecule is Cc1ccc(S(=O)(=O)N2CC(=NNc3c(Cl)cc(Cl)cc3Cl)C2)cc1. The molecule has 0 bridgehead atoms. The number of hydrazone groups is 1. The molecule has 2 aromatic rings. The molecule has 1 aliphatic heterocycles. The average Bonchev–Trinajstić information content (AvgIpc) is 2.48. The molecule has 1 fully saturated rings. The lowest BCUT2D eigenvalue weighted by Gasteiger charge is -2.31. The second-order valence-corrected chi connectivity index (χ2v) is 8.81. The van der Waals surface area contributed by atoms with Gasteiger partial charge < -0.3 is 0 Å². The largest absolute Gasteiger partial charge is 0.275 e. The lowest BCUT2D eigenvalue weighted by molar-refractivity contribution is 0.448. The van der Waals surface area contributed by atoms with Gasteiger partial charge >= 0.3 is 0 Å². The van der Waals surface area contributed by atoms with E-state index >= 15 is 0 Å². The molecule has 0 radical (unpaired) electrons.